The minimum atomic E-state index is -6.68. The molecule has 0 spiro atoms. The van der Waals surface area contributed by atoms with Gasteiger partial charge in [-0.2, -0.15) is 65.9 Å². The maximum absolute atomic E-state index is 13.6. The fourth-order valence-corrected chi connectivity index (χ4v) is 29.6. The van der Waals surface area contributed by atoms with Crippen molar-refractivity contribution in [2.45, 2.75) is 206 Å². The number of esters is 3. The lowest BCUT2D eigenvalue weighted by Crippen LogP contribution is -2.58. The molecule has 12 atom stereocenters. The molecule has 0 radical (unpaired) electrons. The van der Waals surface area contributed by atoms with E-state index in [1.165, 1.54) is 66.3 Å². The van der Waals surface area contributed by atoms with Crippen molar-refractivity contribution >= 4 is 80.9 Å². The molecule has 2 heterocycles. The van der Waals surface area contributed by atoms with Gasteiger partial charge in [-0.1, -0.05) is 202 Å². The molecule has 0 aromatic heterocycles. The standard InChI is InChI=1S/2C19H15S.C18H15S.C16H17F5O5S.C15H19F5O5S.C10H13F5O5S/c2*1-2-10-17(11-3-1)20-18-12-6-4-8-15(18)14-16-9-5-7-13-19(16)20;1-4-10-16(11-5-1)19(17-12-6-2-7-13-17)18-14-8-3-9-15-18;17-15(18,19)14(16(20,21)27(23,24)25)26-13(22)10-5-8-4-9(10)12-7-2-1-6(3-7)11(8)12;1-12-3-8-2-9(4-12)6-13(5-8,7-12)11(21)25-10(14(16,17)18)15(19,20)26(22,23)24;11-9(12,13)8(10(14,15)21(17,18)19)20-7(16)6-4-2-1-3-5-6/h2*1-13H,14H2;1-15H;1-2,6-12,14H,3-5H2,(H,23,24,25);8-10H,2-7H2,1H3,(H,22,23,24);6,8H,1-5H2,(H,17,18,19)/q3*+1;;;/p-3. The van der Waals surface area contributed by atoms with Gasteiger partial charge in [0, 0.05) is 35.1 Å². The van der Waals surface area contributed by atoms with Crippen molar-refractivity contribution in [1.29, 1.82) is 0 Å². The number of rotatable bonds is 17. The van der Waals surface area contributed by atoms with Crippen LogP contribution in [0.3, 0.4) is 0 Å². The summed E-state index contributed by atoms with van der Waals surface area (Å²) < 4.78 is 302. The van der Waals surface area contributed by atoms with E-state index >= 15 is 0 Å². The molecule has 133 heavy (non-hydrogen) atoms. The Morgan fingerprint density at radius 1 is 0.391 bits per heavy atom. The van der Waals surface area contributed by atoms with E-state index in [2.05, 4.69) is 269 Å². The van der Waals surface area contributed by atoms with E-state index in [1.807, 2.05) is 13.0 Å². The molecule has 9 aromatic rings. The third kappa shape index (κ3) is 21.8. The normalized spacial score (nSPS) is 24.6. The minimum absolute atomic E-state index is 0.0146. The summed E-state index contributed by atoms with van der Waals surface area (Å²) in [6.45, 7) is 1.91. The lowest BCUT2D eigenvalue weighted by molar-refractivity contribution is -0.267. The van der Waals surface area contributed by atoms with E-state index in [9.17, 15) is 119 Å². The van der Waals surface area contributed by atoms with Gasteiger partial charge in [0.15, 0.2) is 74.4 Å². The van der Waals surface area contributed by atoms with Crippen molar-refractivity contribution in [2.75, 3.05) is 0 Å². The van der Waals surface area contributed by atoms with E-state index in [4.69, 9.17) is 0 Å². The fraction of sp³-hybridized carbons (Fsp3) is 0.392. The monoisotopic (exact) mass is 1970 g/mol. The van der Waals surface area contributed by atoms with E-state index in [0.29, 0.717) is 31.1 Å². The average molecular weight is 1970 g/mol. The molecule has 11 aliphatic rings. The van der Waals surface area contributed by atoms with Crippen molar-refractivity contribution in [3.05, 3.63) is 283 Å². The first-order chi connectivity index (χ1) is 62.6. The van der Waals surface area contributed by atoms with Gasteiger partial charge in [0.25, 0.3) is 18.3 Å². The molecule has 8 saturated carbocycles. The van der Waals surface area contributed by atoms with Gasteiger partial charge in [-0.15, -0.1) is 0 Å². The van der Waals surface area contributed by atoms with Crippen LogP contribution in [0.4, 0.5) is 65.9 Å². The molecule has 20 rings (SSSR count). The molecule has 9 aromatic carbocycles. The second kappa shape index (κ2) is 39.5. The number of halogens is 15. The summed E-state index contributed by atoms with van der Waals surface area (Å²) in [7, 11) is -19.9. The maximum atomic E-state index is 13.6. The number of benzene rings is 9. The Labute approximate surface area is 768 Å². The van der Waals surface area contributed by atoms with Gasteiger partial charge >= 0.3 is 52.2 Å². The second-order valence-electron chi connectivity index (χ2n) is 35.4. The first kappa shape index (κ1) is 99.8. The van der Waals surface area contributed by atoms with E-state index in [1.54, 1.807) is 0 Å². The van der Waals surface area contributed by atoms with Crippen molar-refractivity contribution in [3.63, 3.8) is 0 Å². The van der Waals surface area contributed by atoms with E-state index in [0.717, 1.165) is 44.9 Å². The van der Waals surface area contributed by atoms with Crippen LogP contribution in [-0.4, -0.2) is 109 Å². The molecule has 710 valence electrons. The smallest absolute Gasteiger partial charge is 0.432 e. The molecule has 0 amide bonds. The van der Waals surface area contributed by atoms with Crippen LogP contribution in [0.1, 0.15) is 119 Å². The summed E-state index contributed by atoms with van der Waals surface area (Å²) >= 11 is 0. The van der Waals surface area contributed by atoms with Crippen LogP contribution in [0.2, 0.25) is 0 Å². The summed E-state index contributed by atoms with van der Waals surface area (Å²) in [5.41, 5.74) is 4.28. The van der Waals surface area contributed by atoms with Gasteiger partial charge in [0.05, 0.1) is 49.9 Å². The Kier molecular flexibility index (Phi) is 29.7. The van der Waals surface area contributed by atoms with Crippen LogP contribution in [0, 0.1) is 70.0 Å². The average Bonchev–Trinajstić information content (AvgIpc) is 1.63. The first-order valence-corrected chi connectivity index (χ1v) is 50.8. The zero-order chi connectivity index (χ0) is 95.8. The Morgan fingerprint density at radius 2 is 0.714 bits per heavy atom. The Balaban J connectivity index is 0.000000129. The van der Waals surface area contributed by atoms with Gasteiger partial charge in [-0.25, -0.2) is 25.3 Å². The van der Waals surface area contributed by atoms with Crippen molar-refractivity contribution < 1.29 is 133 Å². The third-order valence-corrected chi connectivity index (χ3v) is 35.9. The number of allylic oxidation sites excluding steroid dienone is 2. The summed E-state index contributed by atoms with van der Waals surface area (Å²) in [6, 6.07) is 89.4. The highest BCUT2D eigenvalue weighted by Gasteiger charge is 2.69. The summed E-state index contributed by atoms with van der Waals surface area (Å²) in [5, 5.41) is -17.4. The van der Waals surface area contributed by atoms with Gasteiger partial charge in [0.2, 0.25) is 0 Å². The highest BCUT2D eigenvalue weighted by Crippen LogP contribution is 2.68. The number of hydrogen-bond acceptors (Lipinski definition) is 15. The topological polar surface area (TPSA) is 250 Å². The fourth-order valence-electron chi connectivity index (χ4n) is 21.3. The largest absolute Gasteiger partial charge is 0.743 e. The molecule has 8 bridgehead atoms. The molecular weight excluding hydrogens is 1880 g/mol. The number of ether oxygens (including phenoxy) is 3. The van der Waals surface area contributed by atoms with Gasteiger partial charge in [-0.3, -0.25) is 14.4 Å². The molecule has 9 aliphatic carbocycles. The Hall–Kier alpha value is -9.14. The Morgan fingerprint density at radius 3 is 1.06 bits per heavy atom. The minimum Gasteiger partial charge on any atom is -0.743 e. The zero-order valence-electron chi connectivity index (χ0n) is 70.9. The number of hydrogen-bond donors (Lipinski definition) is 0. The molecule has 12 unspecified atom stereocenters. The third-order valence-electron chi connectivity index (χ3n) is 26.2. The molecule has 15 nitrogen and oxygen atoms in total. The Bertz CT molecular complexity index is 5670. The SMILES string of the molecule is CC12CC3CC(C1)CC(C(=O)OC(C(F)(F)F)C(F)(F)S(=O)(=O)[O-])(C3)C2.O=C(OC(C(F)(F)F)C(F)(F)S(=O)(=O)[O-])C1CC2CC1C1C3C=CC(C3)C21.O=C(OC(C(F)(F)F)C(F)(F)S(=O)(=O)[O-])C1CCCCC1.c1ccc([S+](c2ccccc2)c2ccccc2)cc1.c1ccc([S+]2c3ccccc3Cc3ccccc32)cc1.c1ccc([S+]2c3ccccc3Cc3ccccc32)cc1. The van der Waals surface area contributed by atoms with Crippen molar-refractivity contribution in [1.82, 2.24) is 0 Å². The molecule has 2 aliphatic heterocycles. The predicted molar refractivity (Wildman–Crippen MR) is 461 cm³/mol. The number of carbonyl (C=O) groups is 3. The quantitative estimate of drug-likeness (QED) is 0.0156. The number of carbonyl (C=O) groups excluding carboxylic acids is 3. The summed E-state index contributed by atoms with van der Waals surface area (Å²) in [5.74, 6) is -5.40. The number of fused-ring (bicyclic) bond motifs is 13. The van der Waals surface area contributed by atoms with Crippen molar-refractivity contribution in [3.8, 4) is 0 Å². The van der Waals surface area contributed by atoms with Gasteiger partial charge < -0.3 is 27.9 Å². The molecular formula is C97H91F15O15S6. The number of alkyl halides is 15. The van der Waals surface area contributed by atoms with Gasteiger partial charge in [0.1, 0.15) is 0 Å². The van der Waals surface area contributed by atoms with Crippen molar-refractivity contribution in [2.24, 2.45) is 70.0 Å². The van der Waals surface area contributed by atoms with Gasteiger partial charge in [-0.05, 0) is 208 Å². The van der Waals surface area contributed by atoms with E-state index in [-0.39, 0.29) is 112 Å². The summed E-state index contributed by atoms with van der Waals surface area (Å²) in [4.78, 5) is 49.1. The van der Waals surface area contributed by atoms with Crippen LogP contribution in [0.5, 0.6) is 0 Å². The first-order valence-electron chi connectivity index (χ1n) is 42.9. The van der Waals surface area contributed by atoms with Crippen LogP contribution in [0.15, 0.2) is 305 Å². The van der Waals surface area contributed by atoms with E-state index < -0.39 is 118 Å². The van der Waals surface area contributed by atoms with Crippen LogP contribution >= 0.6 is 0 Å². The molecule has 36 heteroatoms. The molecule has 0 saturated heterocycles. The molecule has 8 fully saturated rings. The van der Waals surface area contributed by atoms with Crippen LogP contribution in [-0.2, 0) is 104 Å². The molecule has 0 N–H and O–H groups in total. The lowest BCUT2D eigenvalue weighted by atomic mass is 9.44. The second-order valence-corrected chi connectivity index (χ2v) is 45.7. The lowest BCUT2D eigenvalue weighted by Gasteiger charge is -2.60. The predicted octanol–water partition coefficient (Wildman–Crippen LogP) is 22.2. The highest BCUT2D eigenvalue weighted by atomic mass is 32.2. The zero-order valence-corrected chi connectivity index (χ0v) is 75.8. The van der Waals surface area contributed by atoms with Crippen LogP contribution in [0.25, 0.3) is 0 Å². The maximum Gasteiger partial charge on any atom is 0.432 e. The van der Waals surface area contributed by atoms with Crippen LogP contribution < -0.4 is 0 Å². The highest BCUT2D eigenvalue weighted by molar-refractivity contribution is 7.98. The summed E-state index contributed by atoms with van der Waals surface area (Å²) in [6.07, 6.45) is -17.3.